The van der Waals surface area contributed by atoms with Gasteiger partial charge in [0.2, 0.25) is 0 Å². The Kier molecular flexibility index (Phi) is 5.88. The highest BCUT2D eigenvalue weighted by molar-refractivity contribution is 5.97. The molecule has 1 fully saturated rings. The zero-order valence-electron chi connectivity index (χ0n) is 15.0. The minimum atomic E-state index is -0.139. The lowest BCUT2D eigenvalue weighted by molar-refractivity contribution is 0.0882. The molecular formula is C19H23N3O4. The zero-order valence-corrected chi connectivity index (χ0v) is 15.0. The molecule has 1 aromatic carbocycles. The quantitative estimate of drug-likeness (QED) is 0.856. The number of carbonyl (C=O) groups excluding carboxylic acids is 1. The number of ether oxygens (including phenoxy) is 3. The Hall–Kier alpha value is -2.83. The molecule has 26 heavy (non-hydrogen) atoms. The minimum Gasteiger partial charge on any atom is -0.497 e. The monoisotopic (exact) mass is 357 g/mol. The third-order valence-electron chi connectivity index (χ3n) is 4.48. The van der Waals surface area contributed by atoms with Crippen LogP contribution in [0.5, 0.6) is 17.5 Å². The van der Waals surface area contributed by atoms with Gasteiger partial charge in [-0.15, -0.1) is 0 Å². The van der Waals surface area contributed by atoms with E-state index < -0.39 is 0 Å². The van der Waals surface area contributed by atoms with Crippen molar-refractivity contribution in [1.82, 2.24) is 15.3 Å². The van der Waals surface area contributed by atoms with Crippen LogP contribution in [0.15, 0.2) is 36.7 Å². The van der Waals surface area contributed by atoms with Crippen LogP contribution in [0.3, 0.4) is 0 Å². The number of hydrogen-bond acceptors (Lipinski definition) is 6. The van der Waals surface area contributed by atoms with E-state index in [0.717, 1.165) is 25.7 Å². The molecule has 0 unspecified atom stereocenters. The molecule has 1 saturated carbocycles. The summed E-state index contributed by atoms with van der Waals surface area (Å²) >= 11 is 0. The molecule has 1 heterocycles. The van der Waals surface area contributed by atoms with Gasteiger partial charge in [-0.1, -0.05) is 0 Å². The molecule has 0 spiro atoms. The van der Waals surface area contributed by atoms with Crippen molar-refractivity contribution >= 4 is 5.91 Å². The van der Waals surface area contributed by atoms with Crippen molar-refractivity contribution in [2.24, 2.45) is 0 Å². The molecule has 2 aromatic rings. The van der Waals surface area contributed by atoms with E-state index >= 15 is 0 Å². The lowest BCUT2D eigenvalue weighted by atomic mass is 9.92. The topological polar surface area (TPSA) is 82.6 Å². The second kappa shape index (κ2) is 8.51. The van der Waals surface area contributed by atoms with Gasteiger partial charge in [-0.25, -0.2) is 9.97 Å². The second-order valence-corrected chi connectivity index (χ2v) is 6.16. The Morgan fingerprint density at radius 2 is 1.81 bits per heavy atom. The van der Waals surface area contributed by atoms with Gasteiger partial charge in [0.05, 0.1) is 19.8 Å². The van der Waals surface area contributed by atoms with Crippen molar-refractivity contribution < 1.29 is 19.0 Å². The highest BCUT2D eigenvalue weighted by Gasteiger charge is 2.25. The van der Waals surface area contributed by atoms with Gasteiger partial charge in [0.1, 0.15) is 17.6 Å². The fourth-order valence-electron chi connectivity index (χ4n) is 3.07. The summed E-state index contributed by atoms with van der Waals surface area (Å²) in [6.45, 7) is 0. The number of nitrogens with zero attached hydrogens (tertiary/aromatic N) is 2. The van der Waals surface area contributed by atoms with E-state index in [4.69, 9.17) is 14.2 Å². The number of benzene rings is 1. The average Bonchev–Trinajstić information content (AvgIpc) is 2.69. The molecule has 7 heteroatoms. The van der Waals surface area contributed by atoms with E-state index in [1.165, 1.54) is 0 Å². The van der Waals surface area contributed by atoms with Crippen molar-refractivity contribution in [3.63, 3.8) is 0 Å². The summed E-state index contributed by atoms with van der Waals surface area (Å²) in [5, 5.41) is 3.09. The summed E-state index contributed by atoms with van der Waals surface area (Å²) in [7, 11) is 3.12. The Balaban J connectivity index is 1.53. The normalized spacial score (nSPS) is 19.5. The van der Waals surface area contributed by atoms with Gasteiger partial charge in [0.25, 0.3) is 5.91 Å². The molecule has 1 aromatic heterocycles. The van der Waals surface area contributed by atoms with E-state index in [-0.39, 0.29) is 18.1 Å². The van der Waals surface area contributed by atoms with Crippen LogP contribution in [-0.2, 0) is 0 Å². The smallest absolute Gasteiger partial charge is 0.316 e. The molecule has 1 aliphatic rings. The summed E-state index contributed by atoms with van der Waals surface area (Å²) in [5.74, 6) is 1.01. The van der Waals surface area contributed by atoms with Gasteiger partial charge in [-0.3, -0.25) is 4.79 Å². The molecule has 0 aliphatic heterocycles. The van der Waals surface area contributed by atoms with Crippen molar-refractivity contribution in [3.8, 4) is 17.5 Å². The van der Waals surface area contributed by atoms with E-state index in [1.807, 2.05) is 0 Å². The van der Waals surface area contributed by atoms with Gasteiger partial charge in [0, 0.05) is 24.5 Å². The molecule has 0 bridgehead atoms. The number of aromatic nitrogens is 2. The van der Waals surface area contributed by atoms with Gasteiger partial charge in [0.15, 0.2) is 0 Å². The molecule has 3 rings (SSSR count). The van der Waals surface area contributed by atoms with Crippen LogP contribution in [0.4, 0.5) is 0 Å². The van der Waals surface area contributed by atoms with Crippen molar-refractivity contribution in [2.45, 2.75) is 37.8 Å². The molecule has 0 saturated heterocycles. The Bertz CT molecular complexity index is 731. The Morgan fingerprint density at radius 3 is 2.46 bits per heavy atom. The van der Waals surface area contributed by atoms with Crippen LogP contribution in [0.25, 0.3) is 0 Å². The number of carbonyl (C=O) groups is 1. The van der Waals surface area contributed by atoms with Crippen molar-refractivity contribution in [2.75, 3.05) is 14.2 Å². The summed E-state index contributed by atoms with van der Waals surface area (Å²) in [4.78, 5) is 20.8. The van der Waals surface area contributed by atoms with Gasteiger partial charge < -0.3 is 19.5 Å². The maximum Gasteiger partial charge on any atom is 0.316 e. The molecule has 0 radical (unpaired) electrons. The summed E-state index contributed by atoms with van der Waals surface area (Å²) < 4.78 is 16.3. The first-order valence-corrected chi connectivity index (χ1v) is 8.66. The van der Waals surface area contributed by atoms with Crippen LogP contribution in [0.1, 0.15) is 36.0 Å². The molecule has 1 N–H and O–H groups in total. The fraction of sp³-hybridized carbons (Fsp3) is 0.421. The lowest BCUT2D eigenvalue weighted by Gasteiger charge is -2.29. The maximum absolute atomic E-state index is 12.6. The van der Waals surface area contributed by atoms with Crippen LogP contribution in [0.2, 0.25) is 0 Å². The van der Waals surface area contributed by atoms with Crippen LogP contribution in [-0.4, -0.2) is 42.2 Å². The fourth-order valence-corrected chi connectivity index (χ4v) is 3.07. The van der Waals surface area contributed by atoms with Crippen LogP contribution >= 0.6 is 0 Å². The molecule has 0 atom stereocenters. The lowest BCUT2D eigenvalue weighted by Crippen LogP contribution is -2.39. The van der Waals surface area contributed by atoms with Crippen LogP contribution in [0, 0.1) is 0 Å². The molecule has 1 aliphatic carbocycles. The van der Waals surface area contributed by atoms with E-state index in [1.54, 1.807) is 50.9 Å². The van der Waals surface area contributed by atoms with Gasteiger partial charge in [-0.05, 0) is 43.9 Å². The number of rotatable bonds is 6. The van der Waals surface area contributed by atoms with Crippen molar-refractivity contribution in [3.05, 3.63) is 42.2 Å². The predicted molar refractivity (Wildman–Crippen MR) is 95.7 cm³/mol. The Morgan fingerprint density at radius 1 is 1.08 bits per heavy atom. The maximum atomic E-state index is 12.6. The number of amides is 1. The highest BCUT2D eigenvalue weighted by Crippen LogP contribution is 2.26. The highest BCUT2D eigenvalue weighted by atomic mass is 16.5. The first-order valence-electron chi connectivity index (χ1n) is 8.66. The minimum absolute atomic E-state index is 0.0843. The Labute approximate surface area is 152 Å². The first-order chi connectivity index (χ1) is 12.7. The van der Waals surface area contributed by atoms with Crippen molar-refractivity contribution in [1.29, 1.82) is 0 Å². The standard InChI is InChI=1S/C19H23N3O4/c1-24-15-8-9-16(17(12-15)25-2)18(23)22-13-4-6-14(7-5-13)26-19-20-10-3-11-21-19/h3,8-14H,4-7H2,1-2H3,(H,22,23). The largest absolute Gasteiger partial charge is 0.497 e. The first kappa shape index (κ1) is 18.0. The molecule has 1 amide bonds. The predicted octanol–water partition coefficient (Wildman–Crippen LogP) is 2.61. The van der Waals surface area contributed by atoms with E-state index in [9.17, 15) is 4.79 Å². The third-order valence-corrected chi connectivity index (χ3v) is 4.48. The van der Waals surface area contributed by atoms with Crippen LogP contribution < -0.4 is 19.5 Å². The molecule has 138 valence electrons. The molecular weight excluding hydrogens is 334 g/mol. The third kappa shape index (κ3) is 4.41. The SMILES string of the molecule is COc1ccc(C(=O)NC2CCC(Oc3ncccn3)CC2)c(OC)c1. The molecule has 7 nitrogen and oxygen atoms in total. The average molecular weight is 357 g/mol. The second-order valence-electron chi connectivity index (χ2n) is 6.16. The zero-order chi connectivity index (χ0) is 18.4. The number of nitrogens with one attached hydrogen (secondary N) is 1. The number of hydrogen-bond donors (Lipinski definition) is 1. The summed E-state index contributed by atoms with van der Waals surface area (Å²) in [6.07, 6.45) is 6.81. The van der Waals surface area contributed by atoms with E-state index in [2.05, 4.69) is 15.3 Å². The summed E-state index contributed by atoms with van der Waals surface area (Å²) in [6, 6.07) is 7.46. The summed E-state index contributed by atoms with van der Waals surface area (Å²) in [5.41, 5.74) is 0.504. The van der Waals surface area contributed by atoms with E-state index in [0.29, 0.717) is 23.1 Å². The number of methoxy groups -OCH3 is 2. The van der Waals surface area contributed by atoms with Gasteiger partial charge >= 0.3 is 6.01 Å². The van der Waals surface area contributed by atoms with Gasteiger partial charge in [-0.2, -0.15) is 0 Å².